The van der Waals surface area contributed by atoms with E-state index in [9.17, 15) is 9.18 Å². The summed E-state index contributed by atoms with van der Waals surface area (Å²) < 4.78 is 13.7. The molecule has 0 atom stereocenters. The van der Waals surface area contributed by atoms with Gasteiger partial charge in [-0.1, -0.05) is 6.07 Å². The van der Waals surface area contributed by atoms with Crippen LogP contribution < -0.4 is 11.1 Å². The van der Waals surface area contributed by atoms with Crippen molar-refractivity contribution >= 4 is 39.9 Å². The number of aryl methyl sites for hydroxylation is 2. The van der Waals surface area contributed by atoms with Crippen LogP contribution in [-0.4, -0.2) is 5.91 Å². The number of nitrogen functional groups attached to an aromatic ring is 1. The number of amides is 1. The van der Waals surface area contributed by atoms with Crippen LogP contribution in [0.3, 0.4) is 0 Å². The molecule has 0 spiro atoms. The van der Waals surface area contributed by atoms with Gasteiger partial charge in [0.05, 0.1) is 5.69 Å². The summed E-state index contributed by atoms with van der Waals surface area (Å²) in [5, 5.41) is 2.77. The minimum atomic E-state index is -0.330. The number of carbonyl (C=O) groups excluding carboxylic acids is 1. The summed E-state index contributed by atoms with van der Waals surface area (Å²) in [6.07, 6.45) is 0. The minimum Gasteiger partial charge on any atom is -0.398 e. The van der Waals surface area contributed by atoms with E-state index in [2.05, 4.69) is 5.32 Å². The molecule has 0 saturated carbocycles. The average Bonchev–Trinajstić information content (AvgIpc) is 2.37. The number of nitrogens with one attached hydrogen (secondary N) is 1. The lowest BCUT2D eigenvalue weighted by Crippen LogP contribution is -2.15. The maximum Gasteiger partial charge on any atom is 0.256 e. The van der Waals surface area contributed by atoms with Crippen LogP contribution in [0.25, 0.3) is 0 Å². The first-order chi connectivity index (χ1) is 9.38. The number of carbonyl (C=O) groups is 1. The molecule has 0 aliphatic rings. The number of hydrogen-bond acceptors (Lipinski definition) is 2. The van der Waals surface area contributed by atoms with Gasteiger partial charge in [0.1, 0.15) is 5.82 Å². The van der Waals surface area contributed by atoms with Crippen LogP contribution in [0.15, 0.2) is 30.3 Å². The predicted octanol–water partition coefficient (Wildman–Crippen LogP) is 3.88. The molecule has 2 rings (SSSR count). The van der Waals surface area contributed by atoms with Crippen molar-refractivity contribution in [2.75, 3.05) is 11.1 Å². The highest BCUT2D eigenvalue weighted by Crippen LogP contribution is 2.22. The van der Waals surface area contributed by atoms with Crippen molar-refractivity contribution in [2.45, 2.75) is 13.8 Å². The molecule has 104 valence electrons. The molecule has 0 aliphatic carbocycles. The van der Waals surface area contributed by atoms with Crippen molar-refractivity contribution in [3.8, 4) is 0 Å². The third-order valence-electron chi connectivity index (χ3n) is 3.04. The highest BCUT2D eigenvalue weighted by Gasteiger charge is 2.12. The lowest BCUT2D eigenvalue weighted by Gasteiger charge is -2.11. The molecule has 2 aromatic carbocycles. The van der Waals surface area contributed by atoms with Crippen LogP contribution in [0.1, 0.15) is 21.5 Å². The van der Waals surface area contributed by atoms with Crippen LogP contribution in [0.2, 0.25) is 0 Å². The number of anilines is 2. The van der Waals surface area contributed by atoms with Gasteiger partial charge in [0.25, 0.3) is 5.91 Å². The third kappa shape index (κ3) is 3.09. The van der Waals surface area contributed by atoms with E-state index in [4.69, 9.17) is 5.73 Å². The lowest BCUT2D eigenvalue weighted by atomic mass is 10.0. The van der Waals surface area contributed by atoms with Gasteiger partial charge < -0.3 is 11.1 Å². The van der Waals surface area contributed by atoms with Gasteiger partial charge in [0.2, 0.25) is 0 Å². The normalized spacial score (nSPS) is 10.4. The molecule has 0 fully saturated rings. The van der Waals surface area contributed by atoms with Crippen molar-refractivity contribution in [1.82, 2.24) is 0 Å². The van der Waals surface area contributed by atoms with Crippen molar-refractivity contribution in [1.29, 1.82) is 0 Å². The second-order valence-electron chi connectivity index (χ2n) is 4.60. The van der Waals surface area contributed by atoms with Crippen molar-refractivity contribution in [3.63, 3.8) is 0 Å². The van der Waals surface area contributed by atoms with Gasteiger partial charge in [-0.3, -0.25) is 4.79 Å². The van der Waals surface area contributed by atoms with E-state index in [1.807, 2.05) is 42.5 Å². The fourth-order valence-corrected chi connectivity index (χ4v) is 2.51. The molecule has 0 radical (unpaired) electrons. The molecule has 3 N–H and O–H groups in total. The summed E-state index contributed by atoms with van der Waals surface area (Å²) in [6.45, 7) is 3.75. The van der Waals surface area contributed by atoms with Gasteiger partial charge in [-0.15, -0.1) is 0 Å². The molecule has 0 saturated heterocycles. The molecule has 3 nitrogen and oxygen atoms in total. The van der Waals surface area contributed by atoms with Crippen molar-refractivity contribution in [2.24, 2.45) is 0 Å². The van der Waals surface area contributed by atoms with Gasteiger partial charge in [0, 0.05) is 14.8 Å². The fourth-order valence-electron chi connectivity index (χ4n) is 1.89. The average molecular weight is 384 g/mol. The van der Waals surface area contributed by atoms with Gasteiger partial charge >= 0.3 is 0 Å². The molecule has 20 heavy (non-hydrogen) atoms. The van der Waals surface area contributed by atoms with E-state index in [0.717, 1.165) is 11.1 Å². The van der Waals surface area contributed by atoms with Crippen LogP contribution in [0.4, 0.5) is 15.8 Å². The number of rotatable bonds is 2. The zero-order chi connectivity index (χ0) is 14.9. The number of nitrogens with two attached hydrogens (primary N) is 1. The Hall–Kier alpha value is -1.63. The second-order valence-corrected chi connectivity index (χ2v) is 5.76. The Labute approximate surface area is 130 Å². The Balaban J connectivity index is 2.31. The van der Waals surface area contributed by atoms with E-state index in [0.29, 0.717) is 20.5 Å². The molecular formula is C15H14FIN2O. The highest BCUT2D eigenvalue weighted by molar-refractivity contribution is 14.1. The third-order valence-corrected chi connectivity index (χ3v) is 3.93. The van der Waals surface area contributed by atoms with Gasteiger partial charge in [-0.2, -0.15) is 0 Å². The standard InChI is InChI=1S/C15H14FIN2O/c1-8-5-9(2)13(18)7-11(8)15(20)19-14-4-3-10(16)6-12(14)17/h3-7H,18H2,1-2H3,(H,19,20). The fraction of sp³-hybridized carbons (Fsp3) is 0.133. The Kier molecular flexibility index (Phi) is 4.27. The van der Waals surface area contributed by atoms with Crippen LogP contribution in [0, 0.1) is 23.2 Å². The summed E-state index contributed by atoms with van der Waals surface area (Å²) in [5.41, 5.74) is 9.31. The van der Waals surface area contributed by atoms with E-state index >= 15 is 0 Å². The maximum atomic E-state index is 13.0. The van der Waals surface area contributed by atoms with Gasteiger partial charge in [0.15, 0.2) is 0 Å². The zero-order valence-electron chi connectivity index (χ0n) is 11.1. The number of benzene rings is 2. The van der Waals surface area contributed by atoms with Crippen molar-refractivity contribution < 1.29 is 9.18 Å². The number of hydrogen-bond donors (Lipinski definition) is 2. The molecule has 1 amide bonds. The molecule has 0 heterocycles. The molecule has 0 bridgehead atoms. The van der Waals surface area contributed by atoms with Gasteiger partial charge in [-0.25, -0.2) is 4.39 Å². The smallest absolute Gasteiger partial charge is 0.256 e. The molecular weight excluding hydrogens is 370 g/mol. The highest BCUT2D eigenvalue weighted by atomic mass is 127. The van der Waals surface area contributed by atoms with Crippen molar-refractivity contribution in [3.05, 3.63) is 56.4 Å². The second kappa shape index (κ2) is 5.78. The molecule has 2 aromatic rings. The van der Waals surface area contributed by atoms with E-state index in [1.54, 1.807) is 12.1 Å². The SMILES string of the molecule is Cc1cc(C)c(C(=O)Nc2ccc(F)cc2I)cc1N. The Morgan fingerprint density at radius 2 is 1.90 bits per heavy atom. The summed E-state index contributed by atoms with van der Waals surface area (Å²) in [4.78, 5) is 12.3. The van der Waals surface area contributed by atoms with Gasteiger partial charge in [-0.05, 0) is 71.8 Å². The van der Waals surface area contributed by atoms with E-state index < -0.39 is 0 Å². The summed E-state index contributed by atoms with van der Waals surface area (Å²) >= 11 is 1.98. The lowest BCUT2D eigenvalue weighted by molar-refractivity contribution is 0.102. The molecule has 0 aromatic heterocycles. The Morgan fingerprint density at radius 3 is 2.55 bits per heavy atom. The zero-order valence-corrected chi connectivity index (χ0v) is 13.3. The summed E-state index contributed by atoms with van der Waals surface area (Å²) in [5.74, 6) is -0.582. The van der Waals surface area contributed by atoms with Crippen LogP contribution in [0.5, 0.6) is 0 Å². The summed E-state index contributed by atoms with van der Waals surface area (Å²) in [7, 11) is 0. The largest absolute Gasteiger partial charge is 0.398 e. The predicted molar refractivity (Wildman–Crippen MR) is 87.4 cm³/mol. The first-order valence-corrected chi connectivity index (χ1v) is 7.09. The summed E-state index contributed by atoms with van der Waals surface area (Å²) in [6, 6.07) is 7.76. The quantitative estimate of drug-likeness (QED) is 0.610. The molecule has 0 aliphatic heterocycles. The first-order valence-electron chi connectivity index (χ1n) is 6.01. The number of halogens is 2. The van der Waals surface area contributed by atoms with E-state index in [-0.39, 0.29) is 11.7 Å². The topological polar surface area (TPSA) is 55.1 Å². The first kappa shape index (κ1) is 14.8. The monoisotopic (exact) mass is 384 g/mol. The van der Waals surface area contributed by atoms with E-state index in [1.165, 1.54) is 12.1 Å². The maximum absolute atomic E-state index is 13.0. The van der Waals surface area contributed by atoms with Crippen LogP contribution in [-0.2, 0) is 0 Å². The van der Waals surface area contributed by atoms with Crippen LogP contribution >= 0.6 is 22.6 Å². The molecule has 5 heteroatoms. The minimum absolute atomic E-state index is 0.251. The molecule has 0 unspecified atom stereocenters. The Morgan fingerprint density at radius 1 is 1.20 bits per heavy atom. The Bertz CT molecular complexity index is 686.